The molecule has 1 atom stereocenters. The molecule has 2 aromatic rings. The SMILES string of the molecule is CCn1ncnc1CC(NC)c1cc(C)nn1C. The monoisotopic (exact) mass is 248 g/mol. The minimum Gasteiger partial charge on any atom is -0.311 e. The van der Waals surface area contributed by atoms with E-state index in [-0.39, 0.29) is 6.04 Å². The lowest BCUT2D eigenvalue weighted by atomic mass is 10.1. The van der Waals surface area contributed by atoms with Crippen molar-refractivity contribution in [2.24, 2.45) is 7.05 Å². The van der Waals surface area contributed by atoms with Gasteiger partial charge in [0.25, 0.3) is 0 Å². The van der Waals surface area contributed by atoms with E-state index in [4.69, 9.17) is 0 Å². The Bertz CT molecular complexity index is 512. The third kappa shape index (κ3) is 2.43. The van der Waals surface area contributed by atoms with Gasteiger partial charge in [0.1, 0.15) is 12.2 Å². The highest BCUT2D eigenvalue weighted by Crippen LogP contribution is 2.17. The van der Waals surface area contributed by atoms with E-state index < -0.39 is 0 Å². The third-order valence-corrected chi connectivity index (χ3v) is 3.13. The Morgan fingerprint density at radius 2 is 2.22 bits per heavy atom. The van der Waals surface area contributed by atoms with Gasteiger partial charge in [-0.2, -0.15) is 10.2 Å². The lowest BCUT2D eigenvalue weighted by molar-refractivity contribution is 0.502. The largest absolute Gasteiger partial charge is 0.311 e. The highest BCUT2D eigenvalue weighted by molar-refractivity contribution is 5.14. The number of hydrogen-bond acceptors (Lipinski definition) is 4. The van der Waals surface area contributed by atoms with Crippen molar-refractivity contribution < 1.29 is 0 Å². The topological polar surface area (TPSA) is 60.6 Å². The third-order valence-electron chi connectivity index (χ3n) is 3.13. The van der Waals surface area contributed by atoms with Crippen molar-refractivity contribution in [2.45, 2.75) is 32.9 Å². The molecule has 0 aliphatic rings. The van der Waals surface area contributed by atoms with E-state index in [0.29, 0.717) is 0 Å². The molecule has 0 saturated carbocycles. The van der Waals surface area contributed by atoms with Crippen LogP contribution in [0.1, 0.15) is 30.2 Å². The van der Waals surface area contributed by atoms with E-state index in [0.717, 1.165) is 24.5 Å². The van der Waals surface area contributed by atoms with Crippen LogP contribution in [0.2, 0.25) is 0 Å². The predicted molar refractivity (Wildman–Crippen MR) is 69.1 cm³/mol. The van der Waals surface area contributed by atoms with Gasteiger partial charge in [-0.3, -0.25) is 9.36 Å². The Hall–Kier alpha value is -1.69. The molecule has 0 aromatic carbocycles. The summed E-state index contributed by atoms with van der Waals surface area (Å²) >= 11 is 0. The molecule has 0 aliphatic carbocycles. The van der Waals surface area contributed by atoms with Gasteiger partial charge in [0.15, 0.2) is 0 Å². The molecule has 0 bridgehead atoms. The normalized spacial score (nSPS) is 12.9. The summed E-state index contributed by atoms with van der Waals surface area (Å²) in [7, 11) is 3.93. The fraction of sp³-hybridized carbons (Fsp3) is 0.583. The molecular formula is C12H20N6. The summed E-state index contributed by atoms with van der Waals surface area (Å²) in [6.45, 7) is 4.92. The van der Waals surface area contributed by atoms with E-state index in [2.05, 4.69) is 33.5 Å². The van der Waals surface area contributed by atoms with Gasteiger partial charge >= 0.3 is 0 Å². The molecule has 98 valence electrons. The van der Waals surface area contributed by atoms with Crippen LogP contribution >= 0.6 is 0 Å². The van der Waals surface area contributed by atoms with E-state index in [1.807, 2.05) is 30.4 Å². The molecule has 0 amide bonds. The number of hydrogen-bond donors (Lipinski definition) is 1. The molecule has 2 aromatic heterocycles. The maximum Gasteiger partial charge on any atom is 0.138 e. The predicted octanol–water partition coefficient (Wildman–Crippen LogP) is 0.843. The van der Waals surface area contributed by atoms with Crippen LogP contribution in [0, 0.1) is 6.92 Å². The van der Waals surface area contributed by atoms with Crippen LogP contribution in [0.15, 0.2) is 12.4 Å². The smallest absolute Gasteiger partial charge is 0.138 e. The maximum absolute atomic E-state index is 4.39. The molecular weight excluding hydrogens is 228 g/mol. The van der Waals surface area contributed by atoms with Crippen LogP contribution in [0.5, 0.6) is 0 Å². The van der Waals surface area contributed by atoms with Crippen LogP contribution in [0.4, 0.5) is 0 Å². The quantitative estimate of drug-likeness (QED) is 0.852. The molecule has 2 heterocycles. The van der Waals surface area contributed by atoms with Gasteiger partial charge in [-0.05, 0) is 27.0 Å². The summed E-state index contributed by atoms with van der Waals surface area (Å²) in [6.07, 6.45) is 2.42. The maximum atomic E-state index is 4.39. The molecule has 0 spiro atoms. The minimum absolute atomic E-state index is 0.200. The average molecular weight is 248 g/mol. The molecule has 0 radical (unpaired) electrons. The van der Waals surface area contributed by atoms with E-state index in [1.54, 1.807) is 6.33 Å². The zero-order valence-corrected chi connectivity index (χ0v) is 11.4. The first-order valence-electron chi connectivity index (χ1n) is 6.20. The van der Waals surface area contributed by atoms with Crippen LogP contribution in [-0.4, -0.2) is 31.6 Å². The van der Waals surface area contributed by atoms with Crippen molar-refractivity contribution in [1.82, 2.24) is 29.9 Å². The number of aromatic nitrogens is 5. The van der Waals surface area contributed by atoms with Crippen molar-refractivity contribution in [3.05, 3.63) is 29.6 Å². The number of aryl methyl sites for hydroxylation is 3. The Morgan fingerprint density at radius 1 is 1.44 bits per heavy atom. The number of nitrogens with one attached hydrogen (secondary N) is 1. The standard InChI is InChI=1S/C12H20N6/c1-5-18-12(14-8-15-18)7-10(13-3)11-6-9(2)16-17(11)4/h6,8,10,13H,5,7H2,1-4H3. The van der Waals surface area contributed by atoms with Crippen LogP contribution in [-0.2, 0) is 20.0 Å². The van der Waals surface area contributed by atoms with Crippen molar-refractivity contribution in [3.8, 4) is 0 Å². The molecule has 0 fully saturated rings. The van der Waals surface area contributed by atoms with Crippen LogP contribution in [0.3, 0.4) is 0 Å². The van der Waals surface area contributed by atoms with Gasteiger partial charge in [-0.25, -0.2) is 4.98 Å². The van der Waals surface area contributed by atoms with Crippen LogP contribution < -0.4 is 5.32 Å². The zero-order valence-electron chi connectivity index (χ0n) is 11.4. The molecule has 6 nitrogen and oxygen atoms in total. The summed E-state index contributed by atoms with van der Waals surface area (Å²) < 4.78 is 3.84. The molecule has 0 saturated heterocycles. The minimum atomic E-state index is 0.200. The second-order valence-electron chi connectivity index (χ2n) is 4.37. The summed E-state index contributed by atoms with van der Waals surface area (Å²) in [4.78, 5) is 4.32. The number of rotatable bonds is 5. The fourth-order valence-corrected chi connectivity index (χ4v) is 2.20. The fourth-order valence-electron chi connectivity index (χ4n) is 2.20. The lowest BCUT2D eigenvalue weighted by Crippen LogP contribution is -2.23. The first kappa shape index (κ1) is 12.8. The first-order valence-corrected chi connectivity index (χ1v) is 6.20. The second-order valence-corrected chi connectivity index (χ2v) is 4.37. The van der Waals surface area contributed by atoms with Gasteiger partial charge in [-0.1, -0.05) is 0 Å². The molecule has 6 heteroatoms. The first-order chi connectivity index (χ1) is 8.65. The molecule has 2 rings (SSSR count). The van der Waals surface area contributed by atoms with Gasteiger partial charge in [0, 0.05) is 20.0 Å². The molecule has 0 aliphatic heterocycles. The van der Waals surface area contributed by atoms with Gasteiger partial charge < -0.3 is 5.32 Å². The molecule has 1 unspecified atom stereocenters. The summed E-state index contributed by atoms with van der Waals surface area (Å²) in [5.74, 6) is 0.996. The van der Waals surface area contributed by atoms with Gasteiger partial charge in [0.2, 0.25) is 0 Å². The second kappa shape index (κ2) is 5.30. The van der Waals surface area contributed by atoms with Crippen molar-refractivity contribution in [3.63, 3.8) is 0 Å². The molecule has 18 heavy (non-hydrogen) atoms. The van der Waals surface area contributed by atoms with E-state index in [9.17, 15) is 0 Å². The van der Waals surface area contributed by atoms with E-state index in [1.165, 1.54) is 5.69 Å². The van der Waals surface area contributed by atoms with E-state index >= 15 is 0 Å². The van der Waals surface area contributed by atoms with Crippen molar-refractivity contribution in [1.29, 1.82) is 0 Å². The molecule has 1 N–H and O–H groups in total. The lowest BCUT2D eigenvalue weighted by Gasteiger charge is -2.16. The summed E-state index contributed by atoms with van der Waals surface area (Å²) in [5, 5.41) is 11.9. The number of nitrogens with zero attached hydrogens (tertiary/aromatic N) is 5. The van der Waals surface area contributed by atoms with Crippen molar-refractivity contribution >= 4 is 0 Å². The highest BCUT2D eigenvalue weighted by Gasteiger charge is 2.17. The van der Waals surface area contributed by atoms with Gasteiger partial charge in [0.05, 0.1) is 17.4 Å². The Kier molecular flexibility index (Phi) is 3.76. The zero-order chi connectivity index (χ0) is 13.1. The Morgan fingerprint density at radius 3 is 2.78 bits per heavy atom. The van der Waals surface area contributed by atoms with Crippen LogP contribution in [0.25, 0.3) is 0 Å². The van der Waals surface area contributed by atoms with Gasteiger partial charge in [-0.15, -0.1) is 0 Å². The number of likely N-dealkylation sites (N-methyl/N-ethyl adjacent to an activating group) is 1. The highest BCUT2D eigenvalue weighted by atomic mass is 15.3. The Labute approximate surface area is 107 Å². The van der Waals surface area contributed by atoms with Crippen molar-refractivity contribution in [2.75, 3.05) is 7.05 Å². The average Bonchev–Trinajstić information content (AvgIpc) is 2.92. The summed E-state index contributed by atoms with van der Waals surface area (Å²) in [5.41, 5.74) is 2.20. The summed E-state index contributed by atoms with van der Waals surface area (Å²) in [6, 6.07) is 2.30. The Balaban J connectivity index is 2.22.